The summed E-state index contributed by atoms with van der Waals surface area (Å²) in [6.07, 6.45) is 0. The van der Waals surface area contributed by atoms with Crippen molar-refractivity contribution >= 4 is 44.9 Å². The van der Waals surface area contributed by atoms with E-state index in [1.165, 1.54) is 24.3 Å². The van der Waals surface area contributed by atoms with Crippen LogP contribution in [0.2, 0.25) is 10.0 Å². The predicted octanol–water partition coefficient (Wildman–Crippen LogP) is 5.13. The molecule has 92 valence electrons. The van der Waals surface area contributed by atoms with Crippen LogP contribution in [0.1, 0.15) is 15.9 Å². The Bertz CT molecular complexity index is 608. The summed E-state index contributed by atoms with van der Waals surface area (Å²) < 4.78 is 14.3. The van der Waals surface area contributed by atoms with Crippen molar-refractivity contribution in [1.29, 1.82) is 0 Å². The lowest BCUT2D eigenvalue weighted by Crippen LogP contribution is -2.06. The Kier molecular flexibility index (Phi) is 4.05. The number of rotatable bonds is 2. The van der Waals surface area contributed by atoms with Gasteiger partial charge >= 0.3 is 0 Å². The maximum Gasteiger partial charge on any atom is 0.199 e. The summed E-state index contributed by atoms with van der Waals surface area (Å²) in [6.45, 7) is 0. The first-order valence-electron chi connectivity index (χ1n) is 4.94. The molecule has 0 saturated carbocycles. The van der Waals surface area contributed by atoms with E-state index in [1.807, 2.05) is 0 Å². The molecule has 0 aliphatic heterocycles. The van der Waals surface area contributed by atoms with Gasteiger partial charge < -0.3 is 0 Å². The van der Waals surface area contributed by atoms with Crippen LogP contribution in [0.5, 0.6) is 0 Å². The van der Waals surface area contributed by atoms with Gasteiger partial charge in [-0.15, -0.1) is 0 Å². The lowest BCUT2D eigenvalue weighted by atomic mass is 10.0. The average Bonchev–Trinajstić information content (AvgIpc) is 2.32. The third-order valence-electron chi connectivity index (χ3n) is 2.36. The number of hydrogen-bond donors (Lipinski definition) is 0. The smallest absolute Gasteiger partial charge is 0.199 e. The van der Waals surface area contributed by atoms with Crippen LogP contribution in [0.15, 0.2) is 40.9 Å². The minimum Gasteiger partial charge on any atom is -0.288 e. The van der Waals surface area contributed by atoms with Crippen LogP contribution in [0.3, 0.4) is 0 Å². The average molecular weight is 348 g/mol. The zero-order valence-electron chi connectivity index (χ0n) is 8.88. The normalized spacial score (nSPS) is 10.4. The maximum atomic E-state index is 13.7. The highest BCUT2D eigenvalue weighted by atomic mass is 79.9. The van der Waals surface area contributed by atoms with Gasteiger partial charge in [0.05, 0.1) is 15.6 Å². The molecule has 0 aliphatic rings. The van der Waals surface area contributed by atoms with Crippen molar-refractivity contribution in [2.45, 2.75) is 0 Å². The molecule has 0 spiro atoms. The van der Waals surface area contributed by atoms with Crippen molar-refractivity contribution in [2.75, 3.05) is 0 Å². The minimum atomic E-state index is -0.663. The lowest BCUT2D eigenvalue weighted by Gasteiger charge is -2.07. The van der Waals surface area contributed by atoms with E-state index in [-0.39, 0.29) is 21.2 Å². The number of hydrogen-bond acceptors (Lipinski definition) is 1. The first-order valence-corrected chi connectivity index (χ1v) is 6.49. The molecule has 0 radical (unpaired) electrons. The number of ketones is 1. The molecule has 0 bridgehead atoms. The number of carbonyl (C=O) groups excluding carboxylic acids is 1. The van der Waals surface area contributed by atoms with E-state index in [9.17, 15) is 9.18 Å². The van der Waals surface area contributed by atoms with Crippen LogP contribution in [0.4, 0.5) is 4.39 Å². The molecule has 0 heterocycles. The highest BCUT2D eigenvalue weighted by molar-refractivity contribution is 9.10. The van der Waals surface area contributed by atoms with Gasteiger partial charge in [-0.25, -0.2) is 4.39 Å². The molecule has 2 aromatic carbocycles. The van der Waals surface area contributed by atoms with Gasteiger partial charge in [-0.2, -0.15) is 0 Å². The summed E-state index contributed by atoms with van der Waals surface area (Å²) in [5, 5.41) is 0.318. The van der Waals surface area contributed by atoms with E-state index in [1.54, 1.807) is 12.1 Å². The Balaban J connectivity index is 2.58. The summed E-state index contributed by atoms with van der Waals surface area (Å²) in [5.41, 5.74) is 0.0391. The summed E-state index contributed by atoms with van der Waals surface area (Å²) in [6, 6.07) is 8.88. The van der Waals surface area contributed by atoms with E-state index >= 15 is 0 Å². The highest BCUT2D eigenvalue weighted by Gasteiger charge is 2.20. The summed E-state index contributed by atoms with van der Waals surface area (Å²) in [7, 11) is 0. The fourth-order valence-corrected chi connectivity index (χ4v) is 2.33. The monoisotopic (exact) mass is 346 g/mol. The quantitative estimate of drug-likeness (QED) is 0.688. The molecule has 0 fully saturated rings. The maximum absolute atomic E-state index is 13.7. The van der Waals surface area contributed by atoms with Crippen molar-refractivity contribution in [3.05, 3.63) is 67.9 Å². The van der Waals surface area contributed by atoms with Gasteiger partial charge in [0, 0.05) is 10.0 Å². The molecule has 18 heavy (non-hydrogen) atoms. The Morgan fingerprint density at radius 3 is 2.50 bits per heavy atom. The Labute approximate surface area is 122 Å². The highest BCUT2D eigenvalue weighted by Crippen LogP contribution is 2.27. The summed E-state index contributed by atoms with van der Waals surface area (Å²) >= 11 is 15.0. The molecule has 0 N–H and O–H groups in total. The van der Waals surface area contributed by atoms with Gasteiger partial charge in [0.1, 0.15) is 5.82 Å². The molecule has 0 aromatic heterocycles. The minimum absolute atomic E-state index is 0.0658. The zero-order chi connectivity index (χ0) is 13.3. The third-order valence-corrected chi connectivity index (χ3v) is 3.50. The van der Waals surface area contributed by atoms with Crippen LogP contribution < -0.4 is 0 Å². The van der Waals surface area contributed by atoms with E-state index < -0.39 is 11.6 Å². The fraction of sp³-hybridized carbons (Fsp3) is 0. The van der Waals surface area contributed by atoms with E-state index in [0.29, 0.717) is 4.47 Å². The second-order valence-electron chi connectivity index (χ2n) is 3.55. The van der Waals surface area contributed by atoms with Gasteiger partial charge in [0.15, 0.2) is 5.78 Å². The first-order chi connectivity index (χ1) is 8.50. The van der Waals surface area contributed by atoms with Gasteiger partial charge in [-0.3, -0.25) is 4.79 Å². The standard InChI is InChI=1S/C13H6BrCl2FO/c14-7-4-5-9(15)8(6-7)13(18)12-10(16)2-1-3-11(12)17/h1-6H. The van der Waals surface area contributed by atoms with Crippen LogP contribution in [-0.2, 0) is 0 Å². The van der Waals surface area contributed by atoms with Crippen molar-refractivity contribution in [3.8, 4) is 0 Å². The Morgan fingerprint density at radius 1 is 1.11 bits per heavy atom. The molecule has 0 unspecified atom stereocenters. The van der Waals surface area contributed by atoms with Crippen LogP contribution in [-0.4, -0.2) is 5.78 Å². The number of benzene rings is 2. The molecule has 0 atom stereocenters. The summed E-state index contributed by atoms with van der Waals surface area (Å²) in [4.78, 5) is 12.2. The molecule has 2 rings (SSSR count). The van der Waals surface area contributed by atoms with Crippen molar-refractivity contribution in [2.24, 2.45) is 0 Å². The van der Waals surface area contributed by atoms with Gasteiger partial charge in [-0.05, 0) is 30.3 Å². The van der Waals surface area contributed by atoms with E-state index in [2.05, 4.69) is 15.9 Å². The fourth-order valence-electron chi connectivity index (χ4n) is 1.52. The van der Waals surface area contributed by atoms with Gasteiger partial charge in [-0.1, -0.05) is 45.2 Å². The Hall–Kier alpha value is -0.900. The molecule has 0 aliphatic carbocycles. The van der Waals surface area contributed by atoms with Crippen LogP contribution >= 0.6 is 39.1 Å². The molecule has 2 aromatic rings. The predicted molar refractivity (Wildman–Crippen MR) is 74.0 cm³/mol. The van der Waals surface area contributed by atoms with Gasteiger partial charge in [0.2, 0.25) is 0 Å². The summed E-state index contributed by atoms with van der Waals surface area (Å²) in [5.74, 6) is -1.20. The number of carbonyl (C=O) groups is 1. The number of halogens is 4. The molecule has 5 heteroatoms. The van der Waals surface area contributed by atoms with E-state index in [4.69, 9.17) is 23.2 Å². The molecular weight excluding hydrogens is 342 g/mol. The first kappa shape index (κ1) is 13.5. The van der Waals surface area contributed by atoms with Crippen molar-refractivity contribution < 1.29 is 9.18 Å². The van der Waals surface area contributed by atoms with Gasteiger partial charge in [0.25, 0.3) is 0 Å². The SMILES string of the molecule is O=C(c1cc(Br)ccc1Cl)c1c(F)cccc1Cl. The topological polar surface area (TPSA) is 17.1 Å². The second kappa shape index (κ2) is 5.39. The third kappa shape index (κ3) is 2.58. The zero-order valence-corrected chi connectivity index (χ0v) is 12.0. The van der Waals surface area contributed by atoms with Crippen LogP contribution in [0.25, 0.3) is 0 Å². The largest absolute Gasteiger partial charge is 0.288 e. The lowest BCUT2D eigenvalue weighted by molar-refractivity contribution is 0.103. The van der Waals surface area contributed by atoms with Crippen molar-refractivity contribution in [3.63, 3.8) is 0 Å². The molecule has 0 amide bonds. The molecular formula is C13H6BrCl2FO. The molecule has 0 saturated heterocycles. The van der Waals surface area contributed by atoms with E-state index in [0.717, 1.165) is 0 Å². The molecule has 1 nitrogen and oxygen atoms in total. The van der Waals surface area contributed by atoms with Crippen LogP contribution in [0, 0.1) is 5.82 Å². The second-order valence-corrected chi connectivity index (χ2v) is 5.28. The Morgan fingerprint density at radius 2 is 1.83 bits per heavy atom. The van der Waals surface area contributed by atoms with Crippen molar-refractivity contribution in [1.82, 2.24) is 0 Å².